The second-order valence-corrected chi connectivity index (χ2v) is 3.89. The summed E-state index contributed by atoms with van der Waals surface area (Å²) in [5.41, 5.74) is 8.17. The van der Waals surface area contributed by atoms with Crippen LogP contribution in [-0.4, -0.2) is 0 Å². The van der Waals surface area contributed by atoms with Gasteiger partial charge < -0.3 is 11.1 Å². The summed E-state index contributed by atoms with van der Waals surface area (Å²) in [7, 11) is 0. The van der Waals surface area contributed by atoms with Crippen LogP contribution in [0.5, 0.6) is 0 Å². The van der Waals surface area contributed by atoms with Gasteiger partial charge in [-0.15, -0.1) is 0 Å². The van der Waals surface area contributed by atoms with Gasteiger partial charge >= 0.3 is 0 Å². The zero-order chi connectivity index (χ0) is 12.3. The summed E-state index contributed by atoms with van der Waals surface area (Å²) in [6, 6.07) is 14.6. The Kier molecular flexibility index (Phi) is 3.17. The molecule has 0 amide bonds. The molecule has 0 bridgehead atoms. The Morgan fingerprint density at radius 3 is 2.47 bits per heavy atom. The highest BCUT2D eigenvalue weighted by Gasteiger charge is 2.05. The van der Waals surface area contributed by atoms with E-state index in [-0.39, 0.29) is 0 Å². The Morgan fingerprint density at radius 2 is 1.76 bits per heavy atom. The summed E-state index contributed by atoms with van der Waals surface area (Å²) in [4.78, 5) is 0. The molecule has 0 atom stereocenters. The number of halogens is 1. The van der Waals surface area contributed by atoms with Crippen LogP contribution < -0.4 is 11.1 Å². The Bertz CT molecular complexity index is 587. The number of nitrogen functional groups attached to an aromatic ring is 1. The number of hydrogen-bond donors (Lipinski definition) is 2. The smallest absolute Gasteiger partial charge is 0.101 e. The molecule has 2 rings (SSSR count). The molecular formula is C13H10ClN3. The Hall–Kier alpha value is -2.18. The van der Waals surface area contributed by atoms with Crippen LogP contribution in [0.15, 0.2) is 42.5 Å². The predicted molar refractivity (Wildman–Crippen MR) is 70.3 cm³/mol. The molecule has 0 heterocycles. The minimum absolute atomic E-state index is 0.426. The Morgan fingerprint density at radius 1 is 1.06 bits per heavy atom. The fourth-order valence-corrected chi connectivity index (χ4v) is 1.66. The molecule has 17 heavy (non-hydrogen) atoms. The quantitative estimate of drug-likeness (QED) is 0.793. The minimum atomic E-state index is 0.426. The van der Waals surface area contributed by atoms with Crippen molar-refractivity contribution in [3.63, 3.8) is 0 Å². The number of nitrogens with zero attached hydrogens (tertiary/aromatic N) is 1. The van der Waals surface area contributed by atoms with Gasteiger partial charge in [-0.1, -0.05) is 29.8 Å². The largest absolute Gasteiger partial charge is 0.396 e. The van der Waals surface area contributed by atoms with E-state index in [2.05, 4.69) is 5.32 Å². The Balaban J connectivity index is 2.38. The third-order valence-electron chi connectivity index (χ3n) is 2.37. The fourth-order valence-electron chi connectivity index (χ4n) is 1.48. The molecule has 0 spiro atoms. The van der Waals surface area contributed by atoms with Gasteiger partial charge in [0.2, 0.25) is 0 Å². The van der Waals surface area contributed by atoms with Gasteiger partial charge in [0.25, 0.3) is 0 Å². The van der Waals surface area contributed by atoms with E-state index >= 15 is 0 Å². The molecule has 0 saturated carbocycles. The molecule has 0 radical (unpaired) electrons. The fraction of sp³-hybridized carbons (Fsp3) is 0. The van der Waals surface area contributed by atoms with Crippen LogP contribution in [0.4, 0.5) is 17.1 Å². The van der Waals surface area contributed by atoms with E-state index in [1.807, 2.05) is 24.3 Å². The van der Waals surface area contributed by atoms with Crippen LogP contribution in [0.2, 0.25) is 5.02 Å². The molecule has 0 unspecified atom stereocenters. The lowest BCUT2D eigenvalue weighted by atomic mass is 10.1. The third-order valence-corrected chi connectivity index (χ3v) is 2.70. The van der Waals surface area contributed by atoms with E-state index in [1.165, 1.54) is 0 Å². The molecule has 2 aromatic carbocycles. The average Bonchev–Trinajstić information content (AvgIpc) is 2.34. The van der Waals surface area contributed by atoms with Crippen molar-refractivity contribution in [3.05, 3.63) is 53.1 Å². The van der Waals surface area contributed by atoms with E-state index in [9.17, 15) is 0 Å². The van der Waals surface area contributed by atoms with E-state index in [4.69, 9.17) is 22.6 Å². The van der Waals surface area contributed by atoms with Gasteiger partial charge in [0, 0.05) is 0 Å². The SMILES string of the molecule is N#Cc1cccc(Nc2ccccc2Cl)c1N. The number of para-hydroxylation sites is 2. The van der Waals surface area contributed by atoms with Crippen molar-refractivity contribution < 1.29 is 0 Å². The summed E-state index contributed by atoms with van der Waals surface area (Å²) in [6.45, 7) is 0. The van der Waals surface area contributed by atoms with E-state index in [0.29, 0.717) is 22.0 Å². The topological polar surface area (TPSA) is 61.8 Å². The number of nitrogens with one attached hydrogen (secondary N) is 1. The zero-order valence-corrected chi connectivity index (χ0v) is 9.70. The normalized spacial score (nSPS) is 9.65. The first-order chi connectivity index (χ1) is 8.22. The highest BCUT2D eigenvalue weighted by Crippen LogP contribution is 2.29. The molecule has 0 saturated heterocycles. The van der Waals surface area contributed by atoms with Crippen LogP contribution in [0, 0.1) is 11.3 Å². The molecule has 3 nitrogen and oxygen atoms in total. The van der Waals surface area contributed by atoms with E-state index in [1.54, 1.807) is 24.3 Å². The highest BCUT2D eigenvalue weighted by atomic mass is 35.5. The van der Waals surface area contributed by atoms with Crippen LogP contribution in [-0.2, 0) is 0 Å². The summed E-state index contributed by atoms with van der Waals surface area (Å²) in [5.74, 6) is 0. The Labute approximate surface area is 104 Å². The lowest BCUT2D eigenvalue weighted by Crippen LogP contribution is -1.98. The summed E-state index contributed by atoms with van der Waals surface area (Å²) >= 11 is 6.03. The molecule has 2 aromatic rings. The second kappa shape index (κ2) is 4.77. The summed E-state index contributed by atoms with van der Waals surface area (Å²) in [5, 5.41) is 12.6. The van der Waals surface area contributed by atoms with Crippen LogP contribution in [0.25, 0.3) is 0 Å². The average molecular weight is 244 g/mol. The lowest BCUT2D eigenvalue weighted by Gasteiger charge is -2.11. The van der Waals surface area contributed by atoms with Gasteiger partial charge in [-0.2, -0.15) is 5.26 Å². The lowest BCUT2D eigenvalue weighted by molar-refractivity contribution is 1.47. The van der Waals surface area contributed by atoms with Crippen LogP contribution >= 0.6 is 11.6 Å². The maximum atomic E-state index is 8.88. The zero-order valence-electron chi connectivity index (χ0n) is 8.94. The van der Waals surface area contributed by atoms with Crippen molar-refractivity contribution in [2.75, 3.05) is 11.1 Å². The molecule has 4 heteroatoms. The first kappa shape index (κ1) is 11.3. The van der Waals surface area contributed by atoms with E-state index in [0.717, 1.165) is 5.69 Å². The molecule has 0 fully saturated rings. The monoisotopic (exact) mass is 243 g/mol. The standard InChI is InChI=1S/C13H10ClN3/c14-10-5-1-2-6-11(10)17-12-7-3-4-9(8-15)13(12)16/h1-7,17H,16H2. The van der Waals surface area contributed by atoms with Gasteiger partial charge in [0.05, 0.1) is 27.6 Å². The summed E-state index contributed by atoms with van der Waals surface area (Å²) < 4.78 is 0. The predicted octanol–water partition coefficient (Wildman–Crippen LogP) is 3.54. The van der Waals surface area contributed by atoms with Gasteiger partial charge in [-0.3, -0.25) is 0 Å². The van der Waals surface area contributed by atoms with Crippen molar-refractivity contribution in [2.24, 2.45) is 0 Å². The van der Waals surface area contributed by atoms with Gasteiger partial charge in [-0.25, -0.2) is 0 Å². The van der Waals surface area contributed by atoms with Crippen molar-refractivity contribution in [1.82, 2.24) is 0 Å². The molecule has 0 aromatic heterocycles. The minimum Gasteiger partial charge on any atom is -0.396 e. The first-order valence-electron chi connectivity index (χ1n) is 5.02. The number of nitrogens with two attached hydrogens (primary N) is 1. The second-order valence-electron chi connectivity index (χ2n) is 3.48. The third kappa shape index (κ3) is 2.32. The van der Waals surface area contributed by atoms with Gasteiger partial charge in [-0.05, 0) is 24.3 Å². The molecule has 0 aliphatic heterocycles. The maximum absolute atomic E-state index is 8.88. The van der Waals surface area contributed by atoms with Crippen LogP contribution in [0.3, 0.4) is 0 Å². The number of hydrogen-bond acceptors (Lipinski definition) is 3. The van der Waals surface area contributed by atoms with Crippen molar-refractivity contribution in [2.45, 2.75) is 0 Å². The number of nitriles is 1. The molecule has 0 aliphatic rings. The first-order valence-corrected chi connectivity index (χ1v) is 5.40. The van der Waals surface area contributed by atoms with Gasteiger partial charge in [0.1, 0.15) is 6.07 Å². The van der Waals surface area contributed by atoms with Crippen molar-refractivity contribution in [1.29, 1.82) is 5.26 Å². The number of anilines is 3. The van der Waals surface area contributed by atoms with Crippen LogP contribution in [0.1, 0.15) is 5.56 Å². The maximum Gasteiger partial charge on any atom is 0.101 e. The molecular weight excluding hydrogens is 234 g/mol. The van der Waals surface area contributed by atoms with Gasteiger partial charge in [0.15, 0.2) is 0 Å². The van der Waals surface area contributed by atoms with Crippen molar-refractivity contribution >= 4 is 28.7 Å². The molecule has 3 N–H and O–H groups in total. The number of rotatable bonds is 2. The van der Waals surface area contributed by atoms with Crippen molar-refractivity contribution in [3.8, 4) is 6.07 Å². The highest BCUT2D eigenvalue weighted by molar-refractivity contribution is 6.33. The molecule has 0 aliphatic carbocycles. The number of benzene rings is 2. The summed E-state index contributed by atoms with van der Waals surface area (Å²) in [6.07, 6.45) is 0. The molecule has 84 valence electrons. The van der Waals surface area contributed by atoms with E-state index < -0.39 is 0 Å².